The van der Waals surface area contributed by atoms with Crippen LogP contribution < -0.4 is 5.32 Å². The summed E-state index contributed by atoms with van der Waals surface area (Å²) in [4.78, 5) is 0. The van der Waals surface area contributed by atoms with E-state index in [-0.39, 0.29) is 5.82 Å². The van der Waals surface area contributed by atoms with Gasteiger partial charge in [0.05, 0.1) is 0 Å². The molecule has 2 rings (SSSR count). The van der Waals surface area contributed by atoms with Gasteiger partial charge in [0.25, 0.3) is 0 Å². The Bertz CT molecular complexity index is 341. The Morgan fingerprint density at radius 2 is 2.27 bits per heavy atom. The van der Waals surface area contributed by atoms with E-state index in [4.69, 9.17) is 11.6 Å². The van der Waals surface area contributed by atoms with E-state index in [1.807, 2.05) is 0 Å². The maximum atomic E-state index is 13.4. The minimum Gasteiger partial charge on any atom is -0.316 e. The monoisotopic (exact) mass is 245 g/mol. The molecular weight excluding hydrogens is 233 g/mol. The van der Waals surface area contributed by atoms with Gasteiger partial charge in [0.15, 0.2) is 0 Å². The fourth-order valence-electron chi connectivity index (χ4n) is 1.44. The Kier molecular flexibility index (Phi) is 3.89. The van der Waals surface area contributed by atoms with Crippen LogP contribution in [0.5, 0.6) is 0 Å². The Morgan fingerprint density at radius 3 is 2.87 bits per heavy atom. The standard InChI is InChI=1S/C11H13ClFNS/c12-10-2-1-9(11(13)3-10)7-15-6-8-4-14-5-8/h1-3,8,14H,4-7H2. The van der Waals surface area contributed by atoms with Crippen molar-refractivity contribution >= 4 is 23.4 Å². The number of thioether (sulfide) groups is 1. The third kappa shape index (κ3) is 3.10. The van der Waals surface area contributed by atoms with Gasteiger partial charge in [-0.05, 0) is 42.5 Å². The minimum atomic E-state index is -0.193. The van der Waals surface area contributed by atoms with Crippen molar-refractivity contribution in [3.8, 4) is 0 Å². The molecule has 82 valence electrons. The Labute approximate surface area is 98.4 Å². The fourth-order valence-corrected chi connectivity index (χ4v) is 2.74. The van der Waals surface area contributed by atoms with E-state index in [2.05, 4.69) is 5.32 Å². The summed E-state index contributed by atoms with van der Waals surface area (Å²) in [6.45, 7) is 2.21. The first-order valence-corrected chi connectivity index (χ1v) is 6.51. The molecule has 1 heterocycles. The molecule has 1 aromatic rings. The van der Waals surface area contributed by atoms with E-state index in [0.29, 0.717) is 5.02 Å². The first kappa shape index (κ1) is 11.2. The lowest BCUT2D eigenvalue weighted by atomic mass is 10.1. The van der Waals surface area contributed by atoms with Crippen molar-refractivity contribution in [2.75, 3.05) is 18.8 Å². The first-order chi connectivity index (χ1) is 7.25. The van der Waals surface area contributed by atoms with Crippen molar-refractivity contribution in [1.82, 2.24) is 5.32 Å². The molecule has 0 saturated carbocycles. The van der Waals surface area contributed by atoms with E-state index in [1.54, 1.807) is 23.9 Å². The quantitative estimate of drug-likeness (QED) is 0.876. The van der Waals surface area contributed by atoms with Gasteiger partial charge in [-0.2, -0.15) is 11.8 Å². The lowest BCUT2D eigenvalue weighted by Crippen LogP contribution is -2.43. The zero-order valence-corrected chi connectivity index (χ0v) is 9.87. The average molecular weight is 246 g/mol. The summed E-state index contributed by atoms with van der Waals surface area (Å²) in [6.07, 6.45) is 0. The van der Waals surface area contributed by atoms with Gasteiger partial charge in [-0.1, -0.05) is 17.7 Å². The van der Waals surface area contributed by atoms with E-state index in [9.17, 15) is 4.39 Å². The number of hydrogen-bond acceptors (Lipinski definition) is 2. The fraction of sp³-hybridized carbons (Fsp3) is 0.455. The molecule has 15 heavy (non-hydrogen) atoms. The molecule has 1 aromatic carbocycles. The Balaban J connectivity index is 1.81. The molecule has 0 spiro atoms. The lowest BCUT2D eigenvalue weighted by Gasteiger charge is -2.26. The van der Waals surface area contributed by atoms with Gasteiger partial charge in [-0.15, -0.1) is 0 Å². The molecule has 0 bridgehead atoms. The van der Waals surface area contributed by atoms with Crippen molar-refractivity contribution in [2.24, 2.45) is 5.92 Å². The molecule has 0 atom stereocenters. The van der Waals surface area contributed by atoms with Crippen LogP contribution in [0.1, 0.15) is 5.56 Å². The third-order valence-corrected chi connectivity index (χ3v) is 3.95. The maximum Gasteiger partial charge on any atom is 0.128 e. The summed E-state index contributed by atoms with van der Waals surface area (Å²) < 4.78 is 13.4. The molecule has 1 fully saturated rings. The molecule has 1 aliphatic rings. The van der Waals surface area contributed by atoms with Gasteiger partial charge in [0, 0.05) is 10.8 Å². The number of benzene rings is 1. The smallest absolute Gasteiger partial charge is 0.128 e. The third-order valence-electron chi connectivity index (χ3n) is 2.49. The van der Waals surface area contributed by atoms with Crippen LogP contribution >= 0.6 is 23.4 Å². The topological polar surface area (TPSA) is 12.0 Å². The highest BCUT2D eigenvalue weighted by atomic mass is 35.5. The second-order valence-electron chi connectivity index (χ2n) is 3.78. The van der Waals surface area contributed by atoms with Crippen LogP contribution in [0.2, 0.25) is 5.02 Å². The number of nitrogens with one attached hydrogen (secondary N) is 1. The Morgan fingerprint density at radius 1 is 1.47 bits per heavy atom. The molecule has 0 aromatic heterocycles. The molecule has 0 unspecified atom stereocenters. The van der Waals surface area contributed by atoms with Crippen LogP contribution in [0.25, 0.3) is 0 Å². The normalized spacial score (nSPS) is 16.4. The highest BCUT2D eigenvalue weighted by Gasteiger charge is 2.16. The molecule has 0 radical (unpaired) electrons. The summed E-state index contributed by atoms with van der Waals surface area (Å²) in [6, 6.07) is 4.89. The van der Waals surface area contributed by atoms with Crippen molar-refractivity contribution < 1.29 is 4.39 Å². The van der Waals surface area contributed by atoms with Crippen LogP contribution in [-0.2, 0) is 5.75 Å². The van der Waals surface area contributed by atoms with Crippen molar-refractivity contribution in [1.29, 1.82) is 0 Å². The van der Waals surface area contributed by atoms with Gasteiger partial charge < -0.3 is 5.32 Å². The molecule has 1 saturated heterocycles. The Hall–Kier alpha value is -0.250. The van der Waals surface area contributed by atoms with Crippen LogP contribution in [0, 0.1) is 11.7 Å². The summed E-state index contributed by atoms with van der Waals surface area (Å²) in [5.41, 5.74) is 0.747. The molecule has 1 aliphatic heterocycles. The van der Waals surface area contributed by atoms with Crippen LogP contribution in [0.15, 0.2) is 18.2 Å². The maximum absolute atomic E-state index is 13.4. The molecule has 0 amide bonds. The predicted octanol–water partition coefficient (Wildman–Crippen LogP) is 2.93. The minimum absolute atomic E-state index is 0.193. The van der Waals surface area contributed by atoms with Gasteiger partial charge >= 0.3 is 0 Å². The lowest BCUT2D eigenvalue weighted by molar-refractivity contribution is 0.385. The predicted molar refractivity (Wildman–Crippen MR) is 63.9 cm³/mol. The molecule has 1 N–H and O–H groups in total. The number of hydrogen-bond donors (Lipinski definition) is 1. The SMILES string of the molecule is Fc1cc(Cl)ccc1CSCC1CNC1. The summed E-state index contributed by atoms with van der Waals surface area (Å²) in [7, 11) is 0. The van der Waals surface area contributed by atoms with Crippen molar-refractivity contribution in [2.45, 2.75) is 5.75 Å². The summed E-state index contributed by atoms with van der Waals surface area (Å²) in [5, 5.41) is 3.69. The van der Waals surface area contributed by atoms with Crippen LogP contribution in [0.3, 0.4) is 0 Å². The van der Waals surface area contributed by atoms with Gasteiger partial charge in [-0.3, -0.25) is 0 Å². The number of halogens is 2. The highest BCUT2D eigenvalue weighted by Crippen LogP contribution is 2.21. The molecular formula is C11H13ClFNS. The second-order valence-corrected chi connectivity index (χ2v) is 5.24. The van der Waals surface area contributed by atoms with Crippen LogP contribution in [-0.4, -0.2) is 18.8 Å². The van der Waals surface area contributed by atoms with E-state index < -0.39 is 0 Å². The van der Waals surface area contributed by atoms with E-state index in [0.717, 1.165) is 36.1 Å². The molecule has 1 nitrogen and oxygen atoms in total. The largest absolute Gasteiger partial charge is 0.316 e. The average Bonchev–Trinajstić information content (AvgIpc) is 2.12. The highest BCUT2D eigenvalue weighted by molar-refractivity contribution is 7.98. The molecule has 0 aliphatic carbocycles. The van der Waals surface area contributed by atoms with Crippen LogP contribution in [0.4, 0.5) is 4.39 Å². The van der Waals surface area contributed by atoms with Gasteiger partial charge in [-0.25, -0.2) is 4.39 Å². The zero-order chi connectivity index (χ0) is 10.7. The number of rotatable bonds is 4. The van der Waals surface area contributed by atoms with E-state index in [1.165, 1.54) is 6.07 Å². The van der Waals surface area contributed by atoms with E-state index >= 15 is 0 Å². The van der Waals surface area contributed by atoms with Crippen molar-refractivity contribution in [3.63, 3.8) is 0 Å². The zero-order valence-electron chi connectivity index (χ0n) is 8.30. The summed E-state index contributed by atoms with van der Waals surface area (Å²) in [5.74, 6) is 2.42. The van der Waals surface area contributed by atoms with Gasteiger partial charge in [0.2, 0.25) is 0 Å². The molecule has 4 heteroatoms. The van der Waals surface area contributed by atoms with Crippen molar-refractivity contribution in [3.05, 3.63) is 34.6 Å². The second kappa shape index (κ2) is 5.19. The summed E-state index contributed by atoms with van der Waals surface area (Å²) >= 11 is 7.47. The van der Waals surface area contributed by atoms with Gasteiger partial charge in [0.1, 0.15) is 5.82 Å². The first-order valence-electron chi connectivity index (χ1n) is 4.98.